The Kier molecular flexibility index (Phi) is 6.21. The van der Waals surface area contributed by atoms with Gasteiger partial charge in [0.1, 0.15) is 0 Å². The molecule has 2 aromatic carbocycles. The minimum atomic E-state index is -0.110. The van der Waals surface area contributed by atoms with E-state index in [1.165, 1.54) is 5.56 Å². The lowest BCUT2D eigenvalue weighted by atomic mass is 10.1. The topological polar surface area (TPSA) is 45.2 Å². The van der Waals surface area contributed by atoms with Crippen LogP contribution in [0.1, 0.15) is 22.4 Å². The summed E-state index contributed by atoms with van der Waals surface area (Å²) < 4.78 is 0. The first-order valence-corrected chi connectivity index (χ1v) is 9.18. The smallest absolute Gasteiger partial charge is 0.318 e. The van der Waals surface area contributed by atoms with Crippen LogP contribution in [-0.4, -0.2) is 22.5 Å². The Bertz CT molecular complexity index is 858. The molecule has 1 heterocycles. The van der Waals surface area contributed by atoms with Crippen LogP contribution in [-0.2, 0) is 13.0 Å². The fourth-order valence-electron chi connectivity index (χ4n) is 3.10. The third-order valence-corrected chi connectivity index (χ3v) is 4.35. The lowest BCUT2D eigenvalue weighted by Gasteiger charge is -2.23. The van der Waals surface area contributed by atoms with Crippen LogP contribution in [0, 0.1) is 13.8 Å². The van der Waals surface area contributed by atoms with E-state index < -0.39 is 0 Å². The first-order chi connectivity index (χ1) is 13.1. The molecule has 0 atom stereocenters. The molecule has 4 nitrogen and oxygen atoms in total. The lowest BCUT2D eigenvalue weighted by molar-refractivity contribution is 0.209. The molecular formula is C23H25N3O. The number of benzene rings is 2. The molecule has 0 aliphatic heterocycles. The number of amides is 2. The van der Waals surface area contributed by atoms with Crippen molar-refractivity contribution in [3.05, 3.63) is 95.3 Å². The van der Waals surface area contributed by atoms with E-state index in [-0.39, 0.29) is 6.03 Å². The molecule has 1 N–H and O–H groups in total. The molecule has 0 saturated heterocycles. The van der Waals surface area contributed by atoms with Crippen LogP contribution >= 0.6 is 0 Å². The van der Waals surface area contributed by atoms with Gasteiger partial charge in [0.25, 0.3) is 0 Å². The van der Waals surface area contributed by atoms with Gasteiger partial charge < -0.3 is 10.2 Å². The van der Waals surface area contributed by atoms with E-state index in [1.54, 1.807) is 6.20 Å². The van der Waals surface area contributed by atoms with Gasteiger partial charge in [-0.2, -0.15) is 0 Å². The Morgan fingerprint density at radius 2 is 1.67 bits per heavy atom. The van der Waals surface area contributed by atoms with Crippen LogP contribution in [0.5, 0.6) is 0 Å². The molecule has 0 radical (unpaired) electrons. The number of nitrogens with zero attached hydrogens (tertiary/aromatic N) is 2. The third-order valence-electron chi connectivity index (χ3n) is 4.35. The Balaban J connectivity index is 1.73. The van der Waals surface area contributed by atoms with Crippen molar-refractivity contribution < 1.29 is 4.79 Å². The zero-order valence-corrected chi connectivity index (χ0v) is 15.9. The lowest BCUT2D eigenvalue weighted by Crippen LogP contribution is -2.36. The normalized spacial score (nSPS) is 10.4. The number of urea groups is 1. The van der Waals surface area contributed by atoms with Crippen molar-refractivity contribution in [2.75, 3.05) is 11.9 Å². The van der Waals surface area contributed by atoms with Crippen molar-refractivity contribution in [3.63, 3.8) is 0 Å². The molecule has 0 aliphatic rings. The van der Waals surface area contributed by atoms with Gasteiger partial charge in [0.15, 0.2) is 0 Å². The van der Waals surface area contributed by atoms with Crippen molar-refractivity contribution in [2.24, 2.45) is 0 Å². The molecule has 27 heavy (non-hydrogen) atoms. The Morgan fingerprint density at radius 1 is 0.963 bits per heavy atom. The average molecular weight is 359 g/mol. The highest BCUT2D eigenvalue weighted by molar-refractivity contribution is 5.89. The fraction of sp³-hybridized carbons (Fsp3) is 0.217. The number of aryl methyl sites for hydroxylation is 2. The first kappa shape index (κ1) is 18.6. The second-order valence-corrected chi connectivity index (χ2v) is 6.78. The second-order valence-electron chi connectivity index (χ2n) is 6.78. The minimum absolute atomic E-state index is 0.110. The summed E-state index contributed by atoms with van der Waals surface area (Å²) in [5, 5.41) is 3.04. The Labute approximate surface area is 160 Å². The summed E-state index contributed by atoms with van der Waals surface area (Å²) in [5.41, 5.74) is 5.17. The summed E-state index contributed by atoms with van der Waals surface area (Å²) >= 11 is 0. The molecule has 3 rings (SSSR count). The number of nitrogens with one attached hydrogen (secondary N) is 1. The van der Waals surface area contributed by atoms with Gasteiger partial charge in [0.05, 0.1) is 12.2 Å². The molecule has 0 unspecified atom stereocenters. The van der Waals surface area contributed by atoms with Crippen molar-refractivity contribution in [1.29, 1.82) is 0 Å². The summed E-state index contributed by atoms with van der Waals surface area (Å²) in [6.07, 6.45) is 2.56. The van der Waals surface area contributed by atoms with E-state index >= 15 is 0 Å². The maximum absolute atomic E-state index is 12.9. The highest BCUT2D eigenvalue weighted by atomic mass is 16.2. The van der Waals surface area contributed by atoms with Gasteiger partial charge in [-0.1, -0.05) is 42.5 Å². The number of rotatable bonds is 6. The van der Waals surface area contributed by atoms with Gasteiger partial charge in [0.2, 0.25) is 0 Å². The predicted octanol–water partition coefficient (Wildman–Crippen LogP) is 4.98. The standard InChI is InChI=1S/C23H25N3O/c1-18-14-19(2)16-22(15-18)25-23(27)26(17-21-10-6-7-12-24-21)13-11-20-8-4-3-5-9-20/h3-10,12,14-16H,11,13,17H2,1-2H3,(H,25,27). The molecular weight excluding hydrogens is 334 g/mol. The molecule has 138 valence electrons. The van der Waals surface area contributed by atoms with Gasteiger partial charge in [-0.05, 0) is 61.2 Å². The van der Waals surface area contributed by atoms with Crippen LogP contribution in [0.2, 0.25) is 0 Å². The summed E-state index contributed by atoms with van der Waals surface area (Å²) in [6, 6.07) is 21.9. The summed E-state index contributed by atoms with van der Waals surface area (Å²) in [7, 11) is 0. The van der Waals surface area contributed by atoms with Crippen molar-refractivity contribution in [3.8, 4) is 0 Å². The van der Waals surface area contributed by atoms with Crippen LogP contribution in [0.3, 0.4) is 0 Å². The van der Waals surface area contributed by atoms with Gasteiger partial charge in [0, 0.05) is 18.4 Å². The van der Waals surface area contributed by atoms with Crippen LogP contribution in [0.15, 0.2) is 72.9 Å². The number of carbonyl (C=O) groups excluding carboxylic acids is 1. The molecule has 0 bridgehead atoms. The van der Waals surface area contributed by atoms with E-state index in [1.807, 2.05) is 67.3 Å². The molecule has 3 aromatic rings. The van der Waals surface area contributed by atoms with E-state index in [4.69, 9.17) is 0 Å². The number of hydrogen-bond acceptors (Lipinski definition) is 2. The van der Waals surface area contributed by atoms with Crippen molar-refractivity contribution >= 4 is 11.7 Å². The number of hydrogen-bond donors (Lipinski definition) is 1. The summed E-state index contributed by atoms with van der Waals surface area (Å²) in [6.45, 7) is 5.16. The SMILES string of the molecule is Cc1cc(C)cc(NC(=O)N(CCc2ccccc2)Cc2ccccn2)c1. The molecule has 0 saturated carbocycles. The highest BCUT2D eigenvalue weighted by Gasteiger charge is 2.15. The first-order valence-electron chi connectivity index (χ1n) is 9.18. The second kappa shape index (κ2) is 8.99. The van der Waals surface area contributed by atoms with E-state index in [0.717, 1.165) is 28.9 Å². The zero-order chi connectivity index (χ0) is 19.1. The predicted molar refractivity (Wildman–Crippen MR) is 110 cm³/mol. The molecule has 4 heteroatoms. The van der Waals surface area contributed by atoms with E-state index in [2.05, 4.69) is 28.5 Å². The van der Waals surface area contributed by atoms with E-state index in [9.17, 15) is 4.79 Å². The number of pyridine rings is 1. The van der Waals surface area contributed by atoms with Gasteiger partial charge in [-0.15, -0.1) is 0 Å². The minimum Gasteiger partial charge on any atom is -0.318 e. The molecule has 0 aliphatic carbocycles. The maximum Gasteiger partial charge on any atom is 0.322 e. The summed E-state index contributed by atoms with van der Waals surface area (Å²) in [4.78, 5) is 19.1. The van der Waals surface area contributed by atoms with Crippen molar-refractivity contribution in [1.82, 2.24) is 9.88 Å². The van der Waals surface area contributed by atoms with Gasteiger partial charge in [-0.3, -0.25) is 4.98 Å². The van der Waals surface area contributed by atoms with Gasteiger partial charge in [-0.25, -0.2) is 4.79 Å². The molecule has 0 spiro atoms. The third kappa shape index (κ3) is 5.68. The Hall–Kier alpha value is -3.14. The summed E-state index contributed by atoms with van der Waals surface area (Å²) in [5.74, 6) is 0. The number of anilines is 1. The quantitative estimate of drug-likeness (QED) is 0.675. The Morgan fingerprint density at radius 3 is 2.33 bits per heavy atom. The molecule has 2 amide bonds. The van der Waals surface area contributed by atoms with Gasteiger partial charge >= 0.3 is 6.03 Å². The van der Waals surface area contributed by atoms with Crippen LogP contribution in [0.25, 0.3) is 0 Å². The van der Waals surface area contributed by atoms with Crippen LogP contribution < -0.4 is 5.32 Å². The maximum atomic E-state index is 12.9. The zero-order valence-electron chi connectivity index (χ0n) is 15.9. The fourth-order valence-corrected chi connectivity index (χ4v) is 3.10. The molecule has 1 aromatic heterocycles. The average Bonchev–Trinajstić information content (AvgIpc) is 2.66. The number of aromatic nitrogens is 1. The number of carbonyl (C=O) groups is 1. The monoisotopic (exact) mass is 359 g/mol. The van der Waals surface area contributed by atoms with E-state index in [0.29, 0.717) is 13.1 Å². The van der Waals surface area contributed by atoms with Crippen molar-refractivity contribution in [2.45, 2.75) is 26.8 Å². The highest BCUT2D eigenvalue weighted by Crippen LogP contribution is 2.15. The molecule has 0 fully saturated rings. The van der Waals surface area contributed by atoms with Crippen LogP contribution in [0.4, 0.5) is 10.5 Å². The largest absolute Gasteiger partial charge is 0.322 e.